The molecule has 0 fully saturated rings. The van der Waals surface area contributed by atoms with Crippen LogP contribution in [0, 0.1) is 13.8 Å². The topological polar surface area (TPSA) is 95.5 Å². The average molecular weight is 524 g/mol. The molecule has 3 heterocycles. The molecule has 0 aliphatic rings. The van der Waals surface area contributed by atoms with E-state index in [0.29, 0.717) is 23.3 Å². The fourth-order valence-corrected chi connectivity index (χ4v) is 3.75. The Labute approximate surface area is 196 Å². The Morgan fingerprint density at radius 1 is 1.10 bits per heavy atom. The zero-order valence-electron chi connectivity index (χ0n) is 16.6. The number of nitrogens with zero attached hydrogens (tertiary/aromatic N) is 7. The molecule has 1 N–H and O–H groups in total. The summed E-state index contributed by atoms with van der Waals surface area (Å²) in [5.74, 6) is -0.257. The third-order valence-corrected chi connectivity index (χ3v) is 6.44. The maximum absolute atomic E-state index is 12.5. The lowest BCUT2D eigenvalue weighted by Crippen LogP contribution is -2.16. The van der Waals surface area contributed by atoms with Gasteiger partial charge in [0.25, 0.3) is 5.91 Å². The highest BCUT2D eigenvalue weighted by atomic mass is 79.9. The molecule has 0 saturated heterocycles. The third-order valence-electron chi connectivity index (χ3n) is 4.59. The number of anilines is 1. The largest absolute Gasteiger partial charge is 0.288 e. The molecule has 0 atom stereocenters. The van der Waals surface area contributed by atoms with Gasteiger partial charge in [-0.05, 0) is 48.0 Å². The van der Waals surface area contributed by atoms with Crippen molar-refractivity contribution in [2.24, 2.45) is 0 Å². The zero-order chi connectivity index (χ0) is 22.1. The summed E-state index contributed by atoms with van der Waals surface area (Å²) in [7, 11) is 0. The van der Waals surface area contributed by atoms with E-state index in [1.165, 1.54) is 6.33 Å². The van der Waals surface area contributed by atoms with E-state index in [-0.39, 0.29) is 11.6 Å². The predicted molar refractivity (Wildman–Crippen MR) is 121 cm³/mol. The smallest absolute Gasteiger partial charge is 0.278 e. The summed E-state index contributed by atoms with van der Waals surface area (Å²) in [4.78, 5) is 16.6. The van der Waals surface area contributed by atoms with Crippen molar-refractivity contribution in [1.29, 1.82) is 0 Å². The summed E-state index contributed by atoms with van der Waals surface area (Å²) in [6.45, 7) is 4.59. The van der Waals surface area contributed by atoms with Crippen LogP contribution >= 0.6 is 39.1 Å². The summed E-state index contributed by atoms with van der Waals surface area (Å²) in [6, 6.07) is 6.90. The van der Waals surface area contributed by atoms with Crippen LogP contribution in [-0.4, -0.2) is 40.2 Å². The van der Waals surface area contributed by atoms with E-state index in [2.05, 4.69) is 41.5 Å². The Bertz CT molecular complexity index is 1240. The molecule has 0 bridgehead atoms. The molecule has 0 unspecified atom stereocenters. The maximum Gasteiger partial charge on any atom is 0.278 e. The number of halogens is 3. The summed E-state index contributed by atoms with van der Waals surface area (Å²) in [5.41, 5.74) is 2.84. The van der Waals surface area contributed by atoms with Crippen LogP contribution in [0.15, 0.2) is 41.3 Å². The predicted octanol–water partition coefficient (Wildman–Crippen LogP) is 4.16. The highest BCUT2D eigenvalue weighted by Gasteiger charge is 2.15. The number of amides is 1. The van der Waals surface area contributed by atoms with Gasteiger partial charge in [0.2, 0.25) is 5.95 Å². The number of carbonyl (C=O) groups excluding carboxylic acids is 1. The second-order valence-corrected chi connectivity index (χ2v) is 8.39. The van der Waals surface area contributed by atoms with Gasteiger partial charge < -0.3 is 0 Å². The van der Waals surface area contributed by atoms with Gasteiger partial charge in [0.1, 0.15) is 13.0 Å². The van der Waals surface area contributed by atoms with Gasteiger partial charge in [-0.1, -0.05) is 29.3 Å². The number of aryl methyl sites for hydroxylation is 1. The van der Waals surface area contributed by atoms with Gasteiger partial charge in [-0.2, -0.15) is 10.2 Å². The summed E-state index contributed by atoms with van der Waals surface area (Å²) >= 11 is 15.9. The van der Waals surface area contributed by atoms with Crippen molar-refractivity contribution in [3.63, 3.8) is 0 Å². The van der Waals surface area contributed by atoms with E-state index in [1.807, 2.05) is 13.8 Å². The molecule has 1 aromatic carbocycles. The first kappa shape index (κ1) is 21.5. The molecule has 4 aromatic rings. The lowest BCUT2D eigenvalue weighted by molar-refractivity contribution is 0.102. The fraction of sp³-hybridized carbons (Fsp3) is 0.211. The van der Waals surface area contributed by atoms with Crippen LogP contribution in [0.3, 0.4) is 0 Å². The molecule has 0 saturated carbocycles. The van der Waals surface area contributed by atoms with Crippen molar-refractivity contribution in [3.05, 3.63) is 74.0 Å². The molecule has 9 nitrogen and oxygen atoms in total. The number of carbonyl (C=O) groups is 1. The first-order chi connectivity index (χ1) is 14.8. The van der Waals surface area contributed by atoms with Gasteiger partial charge in [0.05, 0.1) is 22.4 Å². The van der Waals surface area contributed by atoms with Gasteiger partial charge in [-0.25, -0.2) is 14.3 Å². The van der Waals surface area contributed by atoms with Crippen LogP contribution in [0.25, 0.3) is 0 Å². The Kier molecular flexibility index (Phi) is 6.12. The van der Waals surface area contributed by atoms with Gasteiger partial charge in [0.15, 0.2) is 5.69 Å². The van der Waals surface area contributed by atoms with E-state index in [1.54, 1.807) is 44.5 Å². The second kappa shape index (κ2) is 8.81. The molecule has 12 heteroatoms. The van der Waals surface area contributed by atoms with Crippen molar-refractivity contribution >= 4 is 51.0 Å². The van der Waals surface area contributed by atoms with Crippen molar-refractivity contribution in [2.45, 2.75) is 27.1 Å². The standard InChI is InChI=1S/C19H17BrCl2N8O/c1-11-17(20)12(2)30(25-11)10-28-7-6-16(26-28)18(31)24-19-23-9-29(27-19)8-13-14(21)4-3-5-15(13)22/h3-7,9H,8,10H2,1-2H3,(H,24,27,31). The monoisotopic (exact) mass is 522 g/mol. The summed E-state index contributed by atoms with van der Waals surface area (Å²) in [6.07, 6.45) is 3.21. The second-order valence-electron chi connectivity index (χ2n) is 6.79. The van der Waals surface area contributed by atoms with Gasteiger partial charge in [0, 0.05) is 21.8 Å². The molecule has 1 amide bonds. The lowest BCUT2D eigenvalue weighted by Gasteiger charge is -2.06. The number of hydrogen-bond donors (Lipinski definition) is 1. The van der Waals surface area contributed by atoms with Crippen LogP contribution in [0.5, 0.6) is 0 Å². The zero-order valence-corrected chi connectivity index (χ0v) is 19.6. The Balaban J connectivity index is 1.42. The van der Waals surface area contributed by atoms with Crippen molar-refractivity contribution in [1.82, 2.24) is 34.3 Å². The van der Waals surface area contributed by atoms with Gasteiger partial charge in [-0.3, -0.25) is 14.8 Å². The molecule has 0 aliphatic carbocycles. The molecule has 160 valence electrons. The molecule has 0 radical (unpaired) electrons. The first-order valence-electron chi connectivity index (χ1n) is 9.18. The average Bonchev–Trinajstić information content (AvgIpc) is 3.43. The lowest BCUT2D eigenvalue weighted by atomic mass is 10.2. The highest BCUT2D eigenvalue weighted by molar-refractivity contribution is 9.10. The Morgan fingerprint density at radius 2 is 1.84 bits per heavy atom. The molecule has 0 aliphatic heterocycles. The SMILES string of the molecule is Cc1nn(Cn2ccc(C(=O)Nc3ncn(Cc4c(Cl)cccc4Cl)n3)n2)c(C)c1Br. The molecule has 0 spiro atoms. The normalized spacial score (nSPS) is 11.1. The number of hydrogen-bond acceptors (Lipinski definition) is 5. The quantitative estimate of drug-likeness (QED) is 0.409. The third kappa shape index (κ3) is 4.65. The minimum Gasteiger partial charge on any atom is -0.288 e. The summed E-state index contributed by atoms with van der Waals surface area (Å²) < 4.78 is 5.93. The van der Waals surface area contributed by atoms with Crippen molar-refractivity contribution in [3.8, 4) is 0 Å². The van der Waals surface area contributed by atoms with Crippen LogP contribution in [-0.2, 0) is 13.2 Å². The van der Waals surface area contributed by atoms with E-state index in [9.17, 15) is 4.79 Å². The number of benzene rings is 1. The van der Waals surface area contributed by atoms with Gasteiger partial charge >= 0.3 is 0 Å². The Morgan fingerprint density at radius 3 is 2.52 bits per heavy atom. The minimum atomic E-state index is -0.415. The number of aromatic nitrogens is 7. The minimum absolute atomic E-state index is 0.158. The van der Waals surface area contributed by atoms with Crippen molar-refractivity contribution < 1.29 is 4.79 Å². The number of rotatable bonds is 6. The molecule has 3 aromatic heterocycles. The van der Waals surface area contributed by atoms with E-state index >= 15 is 0 Å². The highest BCUT2D eigenvalue weighted by Crippen LogP contribution is 2.25. The molecular formula is C19H17BrCl2N8O. The molecular weight excluding hydrogens is 507 g/mol. The molecule has 4 rings (SSSR count). The van der Waals surface area contributed by atoms with Gasteiger partial charge in [-0.15, -0.1) is 5.10 Å². The maximum atomic E-state index is 12.5. The van der Waals surface area contributed by atoms with Crippen LogP contribution in [0.2, 0.25) is 10.0 Å². The van der Waals surface area contributed by atoms with E-state index in [0.717, 1.165) is 21.4 Å². The fourth-order valence-electron chi connectivity index (χ4n) is 2.95. The summed E-state index contributed by atoms with van der Waals surface area (Å²) in [5, 5.41) is 16.7. The first-order valence-corrected chi connectivity index (χ1v) is 10.7. The number of nitrogens with one attached hydrogen (secondary N) is 1. The van der Waals surface area contributed by atoms with Crippen LogP contribution < -0.4 is 5.32 Å². The van der Waals surface area contributed by atoms with Crippen molar-refractivity contribution in [2.75, 3.05) is 5.32 Å². The Hall–Kier alpha value is -2.69. The molecule has 31 heavy (non-hydrogen) atoms. The van der Waals surface area contributed by atoms with E-state index in [4.69, 9.17) is 23.2 Å². The van der Waals surface area contributed by atoms with Crippen LogP contribution in [0.4, 0.5) is 5.95 Å². The van der Waals surface area contributed by atoms with E-state index < -0.39 is 5.91 Å². The van der Waals surface area contributed by atoms with Crippen LogP contribution in [0.1, 0.15) is 27.4 Å².